The van der Waals surface area contributed by atoms with Gasteiger partial charge in [0, 0.05) is 18.6 Å². The maximum Gasteiger partial charge on any atom is 0.0252 e. The fraction of sp³-hybridized carbons (Fsp3) is 1.00. The number of nitrogens with zero attached hydrogens (tertiary/aromatic N) is 2. The molecule has 2 atom stereocenters. The van der Waals surface area contributed by atoms with Gasteiger partial charge in [-0.25, -0.2) is 0 Å². The second kappa shape index (κ2) is 6.11. The van der Waals surface area contributed by atoms with Gasteiger partial charge < -0.3 is 10.6 Å². The molecule has 0 spiro atoms. The lowest BCUT2D eigenvalue weighted by atomic mass is 9.72. The Labute approximate surface area is 119 Å². The molecule has 0 aromatic rings. The summed E-state index contributed by atoms with van der Waals surface area (Å²) in [6.07, 6.45) is 6.48. The fourth-order valence-electron chi connectivity index (χ4n) is 3.95. The minimum Gasteiger partial charge on any atom is -0.326 e. The normalized spacial score (nSPS) is 33.8. The van der Waals surface area contributed by atoms with Crippen molar-refractivity contribution in [2.45, 2.75) is 58.0 Å². The van der Waals surface area contributed by atoms with Crippen LogP contribution in [0.4, 0.5) is 0 Å². The average Bonchev–Trinajstić information content (AvgIpc) is 2.33. The van der Waals surface area contributed by atoms with Gasteiger partial charge in [-0.2, -0.15) is 0 Å². The van der Waals surface area contributed by atoms with E-state index < -0.39 is 0 Å². The third kappa shape index (κ3) is 4.17. The smallest absolute Gasteiger partial charge is 0.0252 e. The highest BCUT2D eigenvalue weighted by Crippen LogP contribution is 2.37. The first-order valence-corrected chi connectivity index (χ1v) is 8.02. The molecule has 2 fully saturated rings. The zero-order valence-corrected chi connectivity index (χ0v) is 13.4. The van der Waals surface area contributed by atoms with Gasteiger partial charge in [-0.05, 0) is 70.6 Å². The summed E-state index contributed by atoms with van der Waals surface area (Å²) in [4.78, 5) is 5.02. The van der Waals surface area contributed by atoms with Gasteiger partial charge in [0.1, 0.15) is 0 Å². The maximum absolute atomic E-state index is 6.40. The summed E-state index contributed by atoms with van der Waals surface area (Å²) in [5.74, 6) is 0.888. The molecule has 1 aliphatic carbocycles. The molecule has 0 aromatic heterocycles. The first-order valence-electron chi connectivity index (χ1n) is 8.02. The summed E-state index contributed by atoms with van der Waals surface area (Å²) in [6.45, 7) is 8.57. The van der Waals surface area contributed by atoms with Gasteiger partial charge in [0.25, 0.3) is 0 Å². The van der Waals surface area contributed by atoms with Crippen molar-refractivity contribution in [3.63, 3.8) is 0 Å². The van der Waals surface area contributed by atoms with E-state index in [1.807, 2.05) is 0 Å². The molecule has 3 heteroatoms. The zero-order valence-electron chi connectivity index (χ0n) is 13.4. The van der Waals surface area contributed by atoms with E-state index in [9.17, 15) is 0 Å². The molecule has 1 aliphatic heterocycles. The lowest BCUT2D eigenvalue weighted by Gasteiger charge is -2.47. The molecule has 112 valence electrons. The van der Waals surface area contributed by atoms with Crippen LogP contribution in [0.5, 0.6) is 0 Å². The summed E-state index contributed by atoms with van der Waals surface area (Å²) in [5, 5.41) is 0. The molecule has 1 saturated heterocycles. The van der Waals surface area contributed by atoms with E-state index in [1.54, 1.807) is 0 Å². The summed E-state index contributed by atoms with van der Waals surface area (Å²) in [6, 6.07) is 1.03. The minimum absolute atomic E-state index is 0.401. The first-order chi connectivity index (χ1) is 8.87. The predicted octanol–water partition coefficient (Wildman–Crippen LogP) is 2.17. The third-order valence-corrected chi connectivity index (χ3v) is 5.15. The van der Waals surface area contributed by atoms with E-state index in [0.29, 0.717) is 17.5 Å². The molecular formula is C16H33N3. The maximum atomic E-state index is 6.40. The molecule has 2 rings (SSSR count). The van der Waals surface area contributed by atoms with E-state index in [4.69, 9.17) is 5.73 Å². The average molecular weight is 267 g/mol. The van der Waals surface area contributed by atoms with Gasteiger partial charge in [0.2, 0.25) is 0 Å². The molecule has 0 radical (unpaired) electrons. The molecule has 0 aromatic carbocycles. The molecular weight excluding hydrogens is 234 g/mol. The van der Waals surface area contributed by atoms with E-state index in [0.717, 1.165) is 5.92 Å². The van der Waals surface area contributed by atoms with Crippen molar-refractivity contribution < 1.29 is 0 Å². The van der Waals surface area contributed by atoms with Gasteiger partial charge in [-0.15, -0.1) is 0 Å². The van der Waals surface area contributed by atoms with Crippen LogP contribution in [0.1, 0.15) is 46.0 Å². The molecule has 0 bridgehead atoms. The van der Waals surface area contributed by atoms with Gasteiger partial charge in [-0.3, -0.25) is 4.90 Å². The summed E-state index contributed by atoms with van der Waals surface area (Å²) < 4.78 is 0. The van der Waals surface area contributed by atoms with Crippen molar-refractivity contribution in [3.05, 3.63) is 0 Å². The monoisotopic (exact) mass is 267 g/mol. The van der Waals surface area contributed by atoms with E-state index in [2.05, 4.69) is 37.7 Å². The Bertz CT molecular complexity index is 280. The Balaban J connectivity index is 1.86. The van der Waals surface area contributed by atoms with E-state index in [1.165, 1.54) is 51.7 Å². The number of likely N-dealkylation sites (tertiary alicyclic amines) is 1. The van der Waals surface area contributed by atoms with E-state index in [-0.39, 0.29) is 0 Å². The SMILES string of the molecule is CN(C)CC1CCN(C2CC(C)(C)CCC2N)CC1. The minimum atomic E-state index is 0.401. The number of hydrogen-bond donors (Lipinski definition) is 1. The van der Waals surface area contributed by atoms with Crippen LogP contribution in [0.25, 0.3) is 0 Å². The lowest BCUT2D eigenvalue weighted by molar-refractivity contribution is 0.0483. The zero-order chi connectivity index (χ0) is 14.0. The Morgan fingerprint density at radius 1 is 1.16 bits per heavy atom. The molecule has 2 N–H and O–H groups in total. The molecule has 1 saturated carbocycles. The van der Waals surface area contributed by atoms with Crippen LogP contribution in [-0.2, 0) is 0 Å². The lowest BCUT2D eigenvalue weighted by Crippen LogP contribution is -2.55. The van der Waals surface area contributed by atoms with Crippen molar-refractivity contribution in [1.82, 2.24) is 9.80 Å². The Morgan fingerprint density at radius 2 is 1.79 bits per heavy atom. The highest BCUT2D eigenvalue weighted by molar-refractivity contribution is 4.94. The summed E-state index contributed by atoms with van der Waals surface area (Å²) in [5.41, 5.74) is 6.88. The Kier molecular flexibility index (Phi) is 4.91. The van der Waals surface area contributed by atoms with Crippen LogP contribution in [0.15, 0.2) is 0 Å². The Hall–Kier alpha value is -0.120. The van der Waals surface area contributed by atoms with Crippen molar-refractivity contribution in [3.8, 4) is 0 Å². The first kappa shape index (κ1) is 15.3. The van der Waals surface area contributed by atoms with Gasteiger partial charge in [0.05, 0.1) is 0 Å². The van der Waals surface area contributed by atoms with Gasteiger partial charge in [-0.1, -0.05) is 13.8 Å². The number of hydrogen-bond acceptors (Lipinski definition) is 3. The molecule has 0 amide bonds. The number of rotatable bonds is 3. The van der Waals surface area contributed by atoms with Crippen molar-refractivity contribution in [2.24, 2.45) is 17.1 Å². The molecule has 2 unspecified atom stereocenters. The number of nitrogens with two attached hydrogens (primary N) is 1. The van der Waals surface area contributed by atoms with Crippen LogP contribution in [0.3, 0.4) is 0 Å². The van der Waals surface area contributed by atoms with Crippen LogP contribution < -0.4 is 5.73 Å². The molecule has 2 aliphatic rings. The molecule has 19 heavy (non-hydrogen) atoms. The highest BCUT2D eigenvalue weighted by atomic mass is 15.2. The predicted molar refractivity (Wildman–Crippen MR) is 82.2 cm³/mol. The van der Waals surface area contributed by atoms with Crippen molar-refractivity contribution in [1.29, 1.82) is 0 Å². The summed E-state index contributed by atoms with van der Waals surface area (Å²) >= 11 is 0. The number of piperidine rings is 1. The second-order valence-electron chi connectivity index (χ2n) is 7.88. The largest absolute Gasteiger partial charge is 0.326 e. The van der Waals surface area contributed by atoms with Crippen molar-refractivity contribution >= 4 is 0 Å². The van der Waals surface area contributed by atoms with Gasteiger partial charge >= 0.3 is 0 Å². The van der Waals surface area contributed by atoms with E-state index >= 15 is 0 Å². The summed E-state index contributed by atoms with van der Waals surface area (Å²) in [7, 11) is 4.37. The second-order valence-corrected chi connectivity index (χ2v) is 7.88. The highest BCUT2D eigenvalue weighted by Gasteiger charge is 2.37. The van der Waals surface area contributed by atoms with Crippen LogP contribution >= 0.6 is 0 Å². The Morgan fingerprint density at radius 3 is 2.37 bits per heavy atom. The quantitative estimate of drug-likeness (QED) is 0.850. The van der Waals surface area contributed by atoms with Gasteiger partial charge in [0.15, 0.2) is 0 Å². The molecule has 3 nitrogen and oxygen atoms in total. The topological polar surface area (TPSA) is 32.5 Å². The third-order valence-electron chi connectivity index (χ3n) is 5.15. The van der Waals surface area contributed by atoms with Crippen molar-refractivity contribution in [2.75, 3.05) is 33.7 Å². The van der Waals surface area contributed by atoms with Crippen LogP contribution in [0, 0.1) is 11.3 Å². The molecule has 1 heterocycles. The standard InChI is InChI=1S/C16H33N3/c1-16(2)8-5-14(17)15(11-16)19-9-6-13(7-10-19)12-18(3)4/h13-15H,5-12,17H2,1-4H3. The fourth-order valence-corrected chi connectivity index (χ4v) is 3.95. The van der Waals surface area contributed by atoms with Crippen LogP contribution in [0.2, 0.25) is 0 Å². The van der Waals surface area contributed by atoms with Crippen LogP contribution in [-0.4, -0.2) is 55.6 Å².